The van der Waals surface area contributed by atoms with E-state index < -0.39 is 0 Å². The molecule has 3 nitrogen and oxygen atoms in total. The van der Waals surface area contributed by atoms with E-state index in [0.29, 0.717) is 16.5 Å². The Bertz CT molecular complexity index is 324. The molecule has 0 aliphatic heterocycles. The van der Waals surface area contributed by atoms with Gasteiger partial charge < -0.3 is 0 Å². The van der Waals surface area contributed by atoms with Crippen LogP contribution in [-0.2, 0) is 0 Å². The van der Waals surface area contributed by atoms with Gasteiger partial charge in [0.05, 0.1) is 7.85 Å². The second-order valence-electron chi connectivity index (χ2n) is 3.66. The highest BCUT2D eigenvalue weighted by Gasteiger charge is 2.21. The molecule has 13 heavy (non-hydrogen) atoms. The third-order valence-electron chi connectivity index (χ3n) is 2.68. The quantitative estimate of drug-likeness (QED) is 0.529. The first-order valence-electron chi connectivity index (χ1n) is 4.66. The maximum atomic E-state index is 5.82. The second kappa shape index (κ2) is 3.66. The van der Waals surface area contributed by atoms with E-state index >= 15 is 0 Å². The summed E-state index contributed by atoms with van der Waals surface area (Å²) in [5.41, 5.74) is 0. The van der Waals surface area contributed by atoms with Gasteiger partial charge in [0.1, 0.15) is 5.82 Å². The van der Waals surface area contributed by atoms with Crippen LogP contribution in [0.3, 0.4) is 0 Å². The van der Waals surface area contributed by atoms with Crippen LogP contribution in [0.4, 0.5) is 0 Å². The van der Waals surface area contributed by atoms with Crippen molar-refractivity contribution in [3.63, 3.8) is 0 Å². The highest BCUT2D eigenvalue weighted by molar-refractivity contribution is 7.71. The molecule has 1 heterocycles. The lowest BCUT2D eigenvalue weighted by molar-refractivity contribution is 0.430. The van der Waals surface area contributed by atoms with E-state index in [-0.39, 0.29) is 0 Å². The standard InChI is InChI=1S/C8H12BN3S/c9-6-3-1-5(2-4-6)7-10-8(13)12-11-7/h5-6H,1-4H2,(H2,10,11,12,13). The normalized spacial score (nSPS) is 28.9. The fraction of sp³-hybridized carbons (Fsp3) is 0.750. The van der Waals surface area contributed by atoms with Crippen molar-refractivity contribution in [3.8, 4) is 0 Å². The van der Waals surface area contributed by atoms with Crippen LogP contribution < -0.4 is 0 Å². The lowest BCUT2D eigenvalue weighted by Gasteiger charge is -2.24. The van der Waals surface area contributed by atoms with Gasteiger partial charge in [-0.2, -0.15) is 0 Å². The van der Waals surface area contributed by atoms with E-state index in [4.69, 9.17) is 20.1 Å². The van der Waals surface area contributed by atoms with Crippen LogP contribution in [-0.4, -0.2) is 23.0 Å². The number of aromatic nitrogens is 3. The van der Waals surface area contributed by atoms with Crippen LogP contribution in [0.15, 0.2) is 0 Å². The van der Waals surface area contributed by atoms with Gasteiger partial charge in [-0.1, -0.05) is 18.7 Å². The molecule has 2 N–H and O–H groups in total. The summed E-state index contributed by atoms with van der Waals surface area (Å²) in [5, 5.41) is 5.83. The third kappa shape index (κ3) is 2.02. The molecule has 2 radical (unpaired) electrons. The van der Waals surface area contributed by atoms with E-state index in [1.807, 2.05) is 0 Å². The van der Waals surface area contributed by atoms with Crippen molar-refractivity contribution >= 4 is 20.1 Å². The number of H-pyrrole nitrogens is 2. The maximum absolute atomic E-state index is 5.82. The van der Waals surface area contributed by atoms with Crippen molar-refractivity contribution in [3.05, 3.63) is 10.6 Å². The van der Waals surface area contributed by atoms with Gasteiger partial charge in [0.2, 0.25) is 4.77 Å². The first-order valence-corrected chi connectivity index (χ1v) is 5.06. The van der Waals surface area contributed by atoms with E-state index in [0.717, 1.165) is 31.5 Å². The van der Waals surface area contributed by atoms with E-state index in [9.17, 15) is 0 Å². The molecule has 1 aliphatic carbocycles. The summed E-state index contributed by atoms with van der Waals surface area (Å²) in [6.45, 7) is 0. The van der Waals surface area contributed by atoms with Crippen LogP contribution in [0.5, 0.6) is 0 Å². The van der Waals surface area contributed by atoms with Gasteiger partial charge in [-0.25, -0.2) is 4.98 Å². The number of hydrogen-bond donors (Lipinski definition) is 2. The number of nitrogens with one attached hydrogen (secondary N) is 2. The molecule has 0 spiro atoms. The molecule has 0 amide bonds. The van der Waals surface area contributed by atoms with Gasteiger partial charge in [0, 0.05) is 5.92 Å². The van der Waals surface area contributed by atoms with E-state index in [1.165, 1.54) is 0 Å². The fourth-order valence-corrected chi connectivity index (χ4v) is 2.02. The Balaban J connectivity index is 2.06. The van der Waals surface area contributed by atoms with Crippen LogP contribution in [0.1, 0.15) is 37.4 Å². The first kappa shape index (κ1) is 9.00. The van der Waals surface area contributed by atoms with Gasteiger partial charge >= 0.3 is 0 Å². The molecular weight excluding hydrogens is 181 g/mol. The Morgan fingerprint density at radius 2 is 1.92 bits per heavy atom. The van der Waals surface area contributed by atoms with Crippen molar-refractivity contribution in [1.29, 1.82) is 0 Å². The Morgan fingerprint density at radius 3 is 2.46 bits per heavy atom. The van der Waals surface area contributed by atoms with Gasteiger partial charge in [0.15, 0.2) is 0 Å². The van der Waals surface area contributed by atoms with Crippen LogP contribution in [0.2, 0.25) is 5.82 Å². The molecule has 1 aliphatic rings. The number of nitrogens with zero attached hydrogens (tertiary/aromatic N) is 1. The summed E-state index contributed by atoms with van der Waals surface area (Å²) < 4.78 is 0.546. The predicted octanol–water partition coefficient (Wildman–Crippen LogP) is 2.08. The molecule has 1 fully saturated rings. The van der Waals surface area contributed by atoms with Crippen LogP contribution in [0, 0.1) is 4.77 Å². The highest BCUT2D eigenvalue weighted by atomic mass is 32.1. The van der Waals surface area contributed by atoms with E-state index in [1.54, 1.807) is 0 Å². The summed E-state index contributed by atoms with van der Waals surface area (Å²) >= 11 is 4.90. The summed E-state index contributed by atoms with van der Waals surface area (Å²) in [5.74, 6) is 1.91. The van der Waals surface area contributed by atoms with Crippen molar-refractivity contribution < 1.29 is 0 Å². The van der Waals surface area contributed by atoms with Gasteiger partial charge in [-0.05, 0) is 25.1 Å². The van der Waals surface area contributed by atoms with Gasteiger partial charge in [-0.15, -0.1) is 0 Å². The summed E-state index contributed by atoms with van der Waals surface area (Å²) in [6, 6.07) is 0. The Labute approximate surface area is 83.7 Å². The smallest absolute Gasteiger partial charge is 0.213 e. The molecular formula is C8H12BN3S. The second-order valence-corrected chi connectivity index (χ2v) is 4.05. The lowest BCUT2D eigenvalue weighted by Crippen LogP contribution is -2.10. The summed E-state index contributed by atoms with van der Waals surface area (Å²) in [6.07, 6.45) is 4.44. The number of hydrogen-bond acceptors (Lipinski definition) is 2. The maximum Gasteiger partial charge on any atom is 0.213 e. The van der Waals surface area contributed by atoms with Crippen LogP contribution in [0.25, 0.3) is 0 Å². The van der Waals surface area contributed by atoms with Gasteiger partial charge in [-0.3, -0.25) is 10.2 Å². The topological polar surface area (TPSA) is 44.5 Å². The van der Waals surface area contributed by atoms with Gasteiger partial charge in [0.25, 0.3) is 0 Å². The molecule has 5 heteroatoms. The molecule has 68 valence electrons. The molecule has 0 bridgehead atoms. The Morgan fingerprint density at radius 1 is 1.23 bits per heavy atom. The molecule has 1 aromatic heterocycles. The largest absolute Gasteiger partial charge is 0.285 e. The van der Waals surface area contributed by atoms with Crippen molar-refractivity contribution in [2.45, 2.75) is 37.4 Å². The fourth-order valence-electron chi connectivity index (χ4n) is 1.87. The molecule has 0 unspecified atom stereocenters. The Hall–Kier alpha value is -0.575. The predicted molar refractivity (Wildman–Crippen MR) is 54.5 cm³/mol. The highest BCUT2D eigenvalue weighted by Crippen LogP contribution is 2.35. The molecule has 1 aromatic rings. The molecule has 2 rings (SSSR count). The average molecular weight is 193 g/mol. The lowest BCUT2D eigenvalue weighted by atomic mass is 9.72. The Kier molecular flexibility index (Phi) is 2.53. The van der Waals surface area contributed by atoms with Crippen molar-refractivity contribution in [2.75, 3.05) is 0 Å². The summed E-state index contributed by atoms with van der Waals surface area (Å²) in [7, 11) is 5.82. The van der Waals surface area contributed by atoms with E-state index in [2.05, 4.69) is 15.2 Å². The average Bonchev–Trinajstić information content (AvgIpc) is 2.53. The zero-order valence-electron chi connectivity index (χ0n) is 7.42. The molecule has 1 saturated carbocycles. The molecule has 0 aromatic carbocycles. The number of rotatable bonds is 1. The zero-order valence-corrected chi connectivity index (χ0v) is 8.23. The molecule has 0 atom stereocenters. The zero-order chi connectivity index (χ0) is 9.26. The number of aromatic amines is 2. The minimum atomic E-state index is 0.387. The SMILES string of the molecule is [B]C1CCC(c2nc(=S)[nH][nH]2)CC1. The van der Waals surface area contributed by atoms with Crippen molar-refractivity contribution in [1.82, 2.24) is 15.2 Å². The van der Waals surface area contributed by atoms with Crippen LogP contribution >= 0.6 is 12.2 Å². The third-order valence-corrected chi connectivity index (χ3v) is 2.87. The summed E-state index contributed by atoms with van der Waals surface area (Å²) in [4.78, 5) is 4.22. The molecule has 0 saturated heterocycles. The minimum Gasteiger partial charge on any atom is -0.285 e. The monoisotopic (exact) mass is 193 g/mol. The first-order chi connectivity index (χ1) is 6.25. The van der Waals surface area contributed by atoms with Crippen molar-refractivity contribution in [2.24, 2.45) is 0 Å². The minimum absolute atomic E-state index is 0.387.